The average molecular weight is 377 g/mol. The second kappa shape index (κ2) is 8.14. The van der Waals surface area contributed by atoms with Crippen molar-refractivity contribution in [1.29, 1.82) is 0 Å². The molecule has 0 fully saturated rings. The van der Waals surface area contributed by atoms with Crippen LogP contribution >= 0.6 is 7.60 Å². The normalized spacial score (nSPS) is 13.4. The number of hydrogen-bond acceptors (Lipinski definition) is 3. The van der Waals surface area contributed by atoms with Gasteiger partial charge in [-0.15, -0.1) is 0 Å². The van der Waals surface area contributed by atoms with Crippen LogP contribution < -0.4 is 5.32 Å². The second-order valence-corrected chi connectivity index (χ2v) is 9.02. The predicted molar refractivity (Wildman–Crippen MR) is 101 cm³/mol. The first-order chi connectivity index (χ1) is 12.1. The van der Waals surface area contributed by atoms with Gasteiger partial charge in [-0.25, -0.2) is 0 Å². The largest absolute Gasteiger partial charge is 0.481 e. The maximum Gasteiger partial charge on any atom is 0.344 e. The van der Waals surface area contributed by atoms with E-state index in [2.05, 4.69) is 5.32 Å². The molecule has 0 radical (unpaired) electrons. The van der Waals surface area contributed by atoms with Crippen LogP contribution in [-0.2, 0) is 15.8 Å². The van der Waals surface area contributed by atoms with E-state index in [1.54, 1.807) is 0 Å². The molecule has 0 saturated heterocycles. The lowest BCUT2D eigenvalue weighted by atomic mass is 9.99. The molecule has 4 N–H and O–H groups in total. The number of rotatable bonds is 8. The molecule has 7 heteroatoms. The van der Waals surface area contributed by atoms with Gasteiger partial charge in [-0.05, 0) is 37.0 Å². The maximum absolute atomic E-state index is 11.6. The highest BCUT2D eigenvalue weighted by Gasteiger charge is 2.39. The lowest BCUT2D eigenvalue weighted by molar-refractivity contribution is -0.137. The first kappa shape index (κ1) is 20.3. The fourth-order valence-corrected chi connectivity index (χ4v) is 3.07. The monoisotopic (exact) mass is 377 g/mol. The van der Waals surface area contributed by atoms with Gasteiger partial charge in [0.2, 0.25) is 0 Å². The van der Waals surface area contributed by atoms with Gasteiger partial charge >= 0.3 is 13.6 Å². The van der Waals surface area contributed by atoms with Crippen LogP contribution in [-0.4, -0.2) is 32.2 Å². The number of benzene rings is 2. The van der Waals surface area contributed by atoms with Crippen molar-refractivity contribution in [3.05, 3.63) is 60.2 Å². The van der Waals surface area contributed by atoms with Gasteiger partial charge in [0.1, 0.15) is 5.28 Å². The molecule has 2 aromatic rings. The first-order valence-electron chi connectivity index (χ1n) is 8.28. The van der Waals surface area contributed by atoms with Crippen LogP contribution in [0.2, 0.25) is 0 Å². The fraction of sp³-hybridized carbons (Fsp3) is 0.316. The topological polar surface area (TPSA) is 107 Å². The number of aliphatic carboxylic acids is 1. The van der Waals surface area contributed by atoms with Gasteiger partial charge in [0.15, 0.2) is 0 Å². The molecular formula is C19H24NO5P. The molecule has 140 valence electrons. The lowest BCUT2D eigenvalue weighted by Gasteiger charge is -2.32. The molecule has 0 unspecified atom stereocenters. The molecule has 0 aliphatic rings. The van der Waals surface area contributed by atoms with E-state index in [1.165, 1.54) is 13.8 Å². The van der Waals surface area contributed by atoms with Gasteiger partial charge in [-0.3, -0.25) is 14.7 Å². The van der Waals surface area contributed by atoms with Crippen molar-refractivity contribution in [2.75, 3.05) is 0 Å². The minimum atomic E-state index is -4.42. The molecule has 0 bridgehead atoms. The Morgan fingerprint density at radius 2 is 1.58 bits per heavy atom. The van der Waals surface area contributed by atoms with Crippen molar-refractivity contribution in [2.45, 2.75) is 38.0 Å². The third kappa shape index (κ3) is 5.51. The van der Waals surface area contributed by atoms with Crippen molar-refractivity contribution in [2.24, 2.45) is 0 Å². The summed E-state index contributed by atoms with van der Waals surface area (Å²) in [6.45, 7) is 2.75. The third-order valence-electron chi connectivity index (χ3n) is 4.25. The second-order valence-electron chi connectivity index (χ2n) is 6.81. The number of carboxylic acid groups (broad SMARTS) is 1. The molecule has 2 aromatic carbocycles. The van der Waals surface area contributed by atoms with Crippen LogP contribution in [0.15, 0.2) is 54.6 Å². The van der Waals surface area contributed by atoms with Crippen LogP contribution in [0, 0.1) is 0 Å². The third-order valence-corrected chi connectivity index (χ3v) is 5.84. The summed E-state index contributed by atoms with van der Waals surface area (Å²) in [4.78, 5) is 30.1. The van der Waals surface area contributed by atoms with E-state index in [4.69, 9.17) is 5.11 Å². The van der Waals surface area contributed by atoms with Gasteiger partial charge in [0.05, 0.1) is 6.42 Å². The Morgan fingerprint density at radius 1 is 1.04 bits per heavy atom. The molecule has 0 heterocycles. The van der Waals surface area contributed by atoms with Crippen LogP contribution in [0.4, 0.5) is 0 Å². The summed E-state index contributed by atoms with van der Waals surface area (Å²) in [6, 6.07) is 17.0. The molecule has 26 heavy (non-hydrogen) atoms. The number of carbonyl (C=O) groups is 1. The van der Waals surface area contributed by atoms with E-state index in [9.17, 15) is 19.1 Å². The van der Waals surface area contributed by atoms with E-state index in [0.717, 1.165) is 16.7 Å². The summed E-state index contributed by atoms with van der Waals surface area (Å²) >= 11 is 0. The summed E-state index contributed by atoms with van der Waals surface area (Å²) in [6.07, 6.45) is 0.120. The Morgan fingerprint density at radius 3 is 2.08 bits per heavy atom. The summed E-state index contributed by atoms with van der Waals surface area (Å²) in [5, 5.41) is 10.4. The molecule has 0 saturated carbocycles. The van der Waals surface area contributed by atoms with E-state index < -0.39 is 24.9 Å². The minimum absolute atomic E-state index is 0.232. The number of nitrogens with one attached hydrogen (secondary N) is 1. The highest BCUT2D eigenvalue weighted by molar-refractivity contribution is 7.53. The van der Waals surface area contributed by atoms with Gasteiger partial charge in [0.25, 0.3) is 0 Å². The molecule has 0 amide bonds. The van der Waals surface area contributed by atoms with Crippen LogP contribution in [0.25, 0.3) is 11.1 Å². The van der Waals surface area contributed by atoms with E-state index in [0.29, 0.717) is 6.42 Å². The standard InChI is InChI=1S/C19H24NO5P/c1-19(2,26(23,24)25)20-17(13-18(21)22)12-14-8-10-16(11-9-14)15-6-4-3-5-7-15/h3-11,17,20H,12-13H2,1-2H3,(H,21,22)(H2,23,24,25)/t17-/m0/s1. The predicted octanol–water partition coefficient (Wildman–Crippen LogP) is 3.24. The zero-order valence-electron chi connectivity index (χ0n) is 14.8. The van der Waals surface area contributed by atoms with Gasteiger partial charge < -0.3 is 14.9 Å². The number of carboxylic acids is 1. The molecule has 0 aliphatic heterocycles. The highest BCUT2D eigenvalue weighted by atomic mass is 31.2. The minimum Gasteiger partial charge on any atom is -0.481 e. The Kier molecular flexibility index (Phi) is 6.37. The van der Waals surface area contributed by atoms with E-state index in [-0.39, 0.29) is 6.42 Å². The zero-order valence-corrected chi connectivity index (χ0v) is 15.7. The van der Waals surface area contributed by atoms with Crippen molar-refractivity contribution < 1.29 is 24.3 Å². The molecule has 2 rings (SSSR count). The molecular weight excluding hydrogens is 353 g/mol. The Bertz CT molecular complexity index is 783. The van der Waals surface area contributed by atoms with Crippen molar-refractivity contribution in [3.8, 4) is 11.1 Å². The maximum atomic E-state index is 11.6. The Labute approximate surface area is 153 Å². The smallest absolute Gasteiger partial charge is 0.344 e. The van der Waals surface area contributed by atoms with Gasteiger partial charge in [-0.1, -0.05) is 54.6 Å². The van der Waals surface area contributed by atoms with Crippen LogP contribution in [0.5, 0.6) is 0 Å². The Balaban J connectivity index is 2.15. The summed E-state index contributed by atoms with van der Waals surface area (Å²) in [5.74, 6) is -1.02. The molecule has 1 atom stereocenters. The van der Waals surface area contributed by atoms with Crippen molar-refractivity contribution in [3.63, 3.8) is 0 Å². The molecule has 0 aromatic heterocycles. The fourth-order valence-electron chi connectivity index (χ4n) is 2.72. The molecule has 6 nitrogen and oxygen atoms in total. The average Bonchev–Trinajstić information content (AvgIpc) is 2.54. The molecule has 0 aliphatic carbocycles. The SMILES string of the molecule is CC(C)(N[C@H](CC(=O)O)Cc1ccc(-c2ccccc2)cc1)P(=O)(O)O. The lowest BCUT2D eigenvalue weighted by Crippen LogP contribution is -2.47. The van der Waals surface area contributed by atoms with Gasteiger partial charge in [-0.2, -0.15) is 0 Å². The zero-order chi connectivity index (χ0) is 19.4. The van der Waals surface area contributed by atoms with Crippen LogP contribution in [0.3, 0.4) is 0 Å². The van der Waals surface area contributed by atoms with E-state index in [1.807, 2.05) is 54.6 Å². The van der Waals surface area contributed by atoms with Crippen molar-refractivity contribution >= 4 is 13.6 Å². The van der Waals surface area contributed by atoms with E-state index >= 15 is 0 Å². The number of hydrogen-bond donors (Lipinski definition) is 4. The first-order valence-corrected chi connectivity index (χ1v) is 9.89. The quantitative estimate of drug-likeness (QED) is 0.526. The Hall–Kier alpha value is -1.98. The summed E-state index contributed by atoms with van der Waals surface area (Å²) in [5.41, 5.74) is 3.03. The van der Waals surface area contributed by atoms with Crippen molar-refractivity contribution in [1.82, 2.24) is 5.32 Å². The van der Waals surface area contributed by atoms with Gasteiger partial charge in [0, 0.05) is 6.04 Å². The summed E-state index contributed by atoms with van der Waals surface area (Å²) < 4.78 is 11.6. The van der Waals surface area contributed by atoms with Crippen LogP contribution in [0.1, 0.15) is 25.8 Å². The highest BCUT2D eigenvalue weighted by Crippen LogP contribution is 2.48. The molecule has 0 spiro atoms. The summed E-state index contributed by atoms with van der Waals surface area (Å²) in [7, 11) is -4.42.